The van der Waals surface area contributed by atoms with Crippen molar-refractivity contribution in [2.75, 3.05) is 26.1 Å². The number of aromatic nitrogens is 1. The number of nitrogens with zero attached hydrogens (tertiary/aromatic N) is 3. The summed E-state index contributed by atoms with van der Waals surface area (Å²) in [6.07, 6.45) is 3.29. The number of alkyl halides is 3. The minimum Gasteiger partial charge on any atom is -0.478 e. The molecule has 31 heavy (non-hydrogen) atoms. The van der Waals surface area contributed by atoms with Crippen LogP contribution in [-0.2, 0) is 9.84 Å². The Bertz CT molecular complexity index is 965. The molecule has 1 saturated carbocycles. The van der Waals surface area contributed by atoms with E-state index in [0.29, 0.717) is 13.1 Å². The highest BCUT2D eigenvalue weighted by Gasteiger charge is 2.46. The molecule has 0 bridgehead atoms. The lowest BCUT2D eigenvalue weighted by atomic mass is 9.92. The minimum absolute atomic E-state index is 0.0822. The lowest BCUT2D eigenvalue weighted by Gasteiger charge is -2.44. The lowest BCUT2D eigenvalue weighted by molar-refractivity contribution is -0.153. The minimum atomic E-state index is -4.53. The van der Waals surface area contributed by atoms with Gasteiger partial charge in [0.2, 0.25) is 5.44 Å². The van der Waals surface area contributed by atoms with E-state index < -0.39 is 33.6 Å². The molecule has 7 nitrogen and oxygen atoms in total. The van der Waals surface area contributed by atoms with Gasteiger partial charge < -0.3 is 19.3 Å². The summed E-state index contributed by atoms with van der Waals surface area (Å²) >= 11 is 0. The quantitative estimate of drug-likeness (QED) is 0.644. The van der Waals surface area contributed by atoms with E-state index >= 15 is 0 Å². The van der Waals surface area contributed by atoms with E-state index in [4.69, 9.17) is 9.47 Å². The smallest absolute Gasteiger partial charge is 0.422 e. The highest BCUT2D eigenvalue weighted by Crippen LogP contribution is 2.43. The Kier molecular flexibility index (Phi) is 5.51. The first-order valence-electron chi connectivity index (χ1n) is 10.2. The third-order valence-corrected chi connectivity index (χ3v) is 7.86. The largest absolute Gasteiger partial charge is 0.478 e. The number of hydrogen-bond donors (Lipinski definition) is 0. The van der Waals surface area contributed by atoms with Crippen LogP contribution < -0.4 is 9.47 Å². The molecule has 2 atom stereocenters. The molecule has 1 aromatic rings. The summed E-state index contributed by atoms with van der Waals surface area (Å²) in [6, 6.07) is 1.48. The molecule has 4 rings (SSSR count). The van der Waals surface area contributed by atoms with Crippen LogP contribution in [0.1, 0.15) is 44.1 Å². The van der Waals surface area contributed by atoms with Crippen molar-refractivity contribution in [1.29, 1.82) is 0 Å². The van der Waals surface area contributed by atoms with Gasteiger partial charge in [0.1, 0.15) is 0 Å². The summed E-state index contributed by atoms with van der Waals surface area (Å²) in [5.41, 5.74) is -0.928. The summed E-state index contributed by atoms with van der Waals surface area (Å²) in [4.78, 5) is 8.18. The van der Waals surface area contributed by atoms with Crippen molar-refractivity contribution in [1.82, 2.24) is 14.8 Å². The molecule has 3 aliphatic rings. The Morgan fingerprint density at radius 2 is 2.03 bits per heavy atom. The SMILES string of the molecule is CN1C=CN(C2(C)CCS(=O)(=O)C(Oc3ncc(C4CC4)cc3OCC(F)(F)F)C2)C1. The first-order chi connectivity index (χ1) is 14.5. The number of halogens is 3. The average Bonchev–Trinajstić information content (AvgIpc) is 3.44. The second-order valence-electron chi connectivity index (χ2n) is 8.78. The number of rotatable bonds is 6. The fourth-order valence-corrected chi connectivity index (χ4v) is 5.74. The molecule has 0 radical (unpaired) electrons. The number of ether oxygens (including phenoxy) is 2. The Labute approximate surface area is 179 Å². The van der Waals surface area contributed by atoms with Gasteiger partial charge in [-0.1, -0.05) is 0 Å². The van der Waals surface area contributed by atoms with E-state index in [9.17, 15) is 21.6 Å². The molecule has 0 spiro atoms. The molecule has 2 unspecified atom stereocenters. The van der Waals surface area contributed by atoms with Crippen LogP contribution in [0.25, 0.3) is 0 Å². The Hall–Kier alpha value is -2.17. The molecule has 1 aromatic heterocycles. The van der Waals surface area contributed by atoms with E-state index in [1.807, 2.05) is 31.3 Å². The average molecular weight is 462 g/mol. The summed E-state index contributed by atoms with van der Waals surface area (Å²) in [7, 11) is -1.69. The van der Waals surface area contributed by atoms with Crippen molar-refractivity contribution in [3.63, 3.8) is 0 Å². The van der Waals surface area contributed by atoms with Crippen LogP contribution in [0.2, 0.25) is 0 Å². The van der Waals surface area contributed by atoms with Crippen molar-refractivity contribution < 1.29 is 31.1 Å². The highest BCUT2D eigenvalue weighted by molar-refractivity contribution is 7.91. The van der Waals surface area contributed by atoms with Crippen LogP contribution in [0.15, 0.2) is 24.7 Å². The summed E-state index contributed by atoms with van der Waals surface area (Å²) in [5.74, 6) is -0.234. The Balaban J connectivity index is 1.57. The van der Waals surface area contributed by atoms with Crippen LogP contribution in [0, 0.1) is 0 Å². The molecule has 0 amide bonds. The van der Waals surface area contributed by atoms with Crippen molar-refractivity contribution in [3.8, 4) is 11.6 Å². The maximum atomic E-state index is 12.7. The topological polar surface area (TPSA) is 72.0 Å². The maximum absolute atomic E-state index is 12.7. The molecule has 1 aliphatic carbocycles. The molecule has 2 fully saturated rings. The molecular formula is C20H26F3N3O4S. The van der Waals surface area contributed by atoms with Gasteiger partial charge in [0.15, 0.2) is 22.2 Å². The van der Waals surface area contributed by atoms with Gasteiger partial charge in [-0.05, 0) is 43.7 Å². The second-order valence-corrected chi connectivity index (χ2v) is 11.0. The highest BCUT2D eigenvalue weighted by atomic mass is 32.2. The Morgan fingerprint density at radius 3 is 2.65 bits per heavy atom. The van der Waals surface area contributed by atoms with E-state index in [2.05, 4.69) is 9.88 Å². The van der Waals surface area contributed by atoms with Gasteiger partial charge in [-0.15, -0.1) is 0 Å². The number of hydrogen-bond acceptors (Lipinski definition) is 7. The van der Waals surface area contributed by atoms with Gasteiger partial charge in [0, 0.05) is 37.6 Å². The van der Waals surface area contributed by atoms with Gasteiger partial charge in [-0.2, -0.15) is 13.2 Å². The van der Waals surface area contributed by atoms with Gasteiger partial charge in [-0.3, -0.25) is 0 Å². The van der Waals surface area contributed by atoms with Crippen LogP contribution in [0.3, 0.4) is 0 Å². The van der Waals surface area contributed by atoms with Crippen LogP contribution >= 0.6 is 0 Å². The predicted molar refractivity (Wildman–Crippen MR) is 107 cm³/mol. The van der Waals surface area contributed by atoms with Gasteiger partial charge in [-0.25, -0.2) is 13.4 Å². The number of sulfone groups is 1. The summed E-state index contributed by atoms with van der Waals surface area (Å²) in [6.45, 7) is 1.09. The zero-order valence-electron chi connectivity index (χ0n) is 17.4. The third kappa shape index (κ3) is 5.02. The van der Waals surface area contributed by atoms with Crippen LogP contribution in [-0.4, -0.2) is 66.4 Å². The van der Waals surface area contributed by atoms with Crippen molar-refractivity contribution >= 4 is 9.84 Å². The number of pyridine rings is 1. The molecule has 11 heteroatoms. The molecule has 1 saturated heterocycles. The molecule has 0 aromatic carbocycles. The monoisotopic (exact) mass is 461 g/mol. The van der Waals surface area contributed by atoms with Crippen molar-refractivity contribution in [2.24, 2.45) is 0 Å². The molecule has 172 valence electrons. The van der Waals surface area contributed by atoms with E-state index in [1.165, 1.54) is 12.3 Å². The van der Waals surface area contributed by atoms with Gasteiger partial charge >= 0.3 is 6.18 Å². The normalized spacial score (nSPS) is 28.1. The van der Waals surface area contributed by atoms with Gasteiger partial charge in [0.25, 0.3) is 5.88 Å². The van der Waals surface area contributed by atoms with Crippen molar-refractivity contribution in [3.05, 3.63) is 30.2 Å². The first kappa shape index (κ1) is 22.0. The lowest BCUT2D eigenvalue weighted by Crippen LogP contribution is -2.53. The van der Waals surface area contributed by atoms with Crippen molar-refractivity contribution in [2.45, 2.75) is 55.7 Å². The second kappa shape index (κ2) is 7.75. The van der Waals surface area contributed by atoms with E-state index in [-0.39, 0.29) is 29.7 Å². The molecule has 2 aliphatic heterocycles. The predicted octanol–water partition coefficient (Wildman–Crippen LogP) is 3.25. The third-order valence-electron chi connectivity index (χ3n) is 6.02. The van der Waals surface area contributed by atoms with E-state index in [1.54, 1.807) is 0 Å². The fraction of sp³-hybridized carbons (Fsp3) is 0.650. The zero-order chi connectivity index (χ0) is 22.4. The zero-order valence-corrected chi connectivity index (χ0v) is 18.2. The first-order valence-corrected chi connectivity index (χ1v) is 11.9. The van der Waals surface area contributed by atoms with Crippen LogP contribution in [0.4, 0.5) is 13.2 Å². The molecular weight excluding hydrogens is 435 g/mol. The Morgan fingerprint density at radius 1 is 1.29 bits per heavy atom. The summed E-state index contributed by atoms with van der Waals surface area (Å²) in [5, 5.41) is 0. The maximum Gasteiger partial charge on any atom is 0.422 e. The fourth-order valence-electron chi connectivity index (χ4n) is 3.90. The molecule has 3 heterocycles. The van der Waals surface area contributed by atoms with E-state index in [0.717, 1.165) is 18.4 Å². The summed E-state index contributed by atoms with van der Waals surface area (Å²) < 4.78 is 74.4. The standard InChI is InChI=1S/C20H26F3N3O4S/c1-19(26-7-6-25(2)13-26)5-8-31(27,28)17(10-19)30-18-16(29-12-20(21,22)23)9-15(11-24-18)14-3-4-14/h6-7,9,11,14,17H,3-5,8,10,12-13H2,1-2H3. The van der Waals surface area contributed by atoms with Gasteiger partial charge in [0.05, 0.1) is 12.4 Å². The van der Waals surface area contributed by atoms with Crippen LogP contribution in [0.5, 0.6) is 11.6 Å². The molecule has 0 N–H and O–H groups in total.